The predicted molar refractivity (Wildman–Crippen MR) is 97.1 cm³/mol. The first-order valence-electron chi connectivity index (χ1n) is 9.06. The number of urea groups is 1. The summed E-state index contributed by atoms with van der Waals surface area (Å²) in [5, 5.41) is 2.62. The van der Waals surface area contributed by atoms with Crippen LogP contribution in [-0.2, 0) is 12.6 Å². The van der Waals surface area contributed by atoms with Crippen LogP contribution in [0.25, 0.3) is 0 Å². The maximum atomic E-state index is 12.6. The first-order chi connectivity index (χ1) is 13.3. The van der Waals surface area contributed by atoms with Crippen LogP contribution >= 0.6 is 0 Å². The largest absolute Gasteiger partial charge is 0.458 e. The monoisotopic (exact) mass is 394 g/mol. The molecule has 150 valence electrons. The fraction of sp³-hybridized carbons (Fsp3) is 0.421. The van der Waals surface area contributed by atoms with E-state index in [2.05, 4.69) is 15.3 Å². The van der Waals surface area contributed by atoms with Gasteiger partial charge in [0.05, 0.1) is 12.1 Å². The zero-order chi connectivity index (χ0) is 20.1. The number of rotatable bonds is 4. The molecular weight excluding hydrogens is 373 g/mol. The number of halogens is 3. The fourth-order valence-corrected chi connectivity index (χ4v) is 2.90. The van der Waals surface area contributed by atoms with Crippen LogP contribution in [0.5, 0.6) is 6.01 Å². The van der Waals surface area contributed by atoms with Gasteiger partial charge in [-0.3, -0.25) is 0 Å². The van der Waals surface area contributed by atoms with Gasteiger partial charge in [-0.05, 0) is 49.1 Å². The Bertz CT molecular complexity index is 794. The number of nitrogens with zero attached hydrogens (tertiary/aromatic N) is 3. The van der Waals surface area contributed by atoms with Crippen LogP contribution in [0.3, 0.4) is 0 Å². The van der Waals surface area contributed by atoms with Gasteiger partial charge in [0.1, 0.15) is 6.10 Å². The average molecular weight is 394 g/mol. The summed E-state index contributed by atoms with van der Waals surface area (Å²) in [6.07, 6.45) is 1.13. The Morgan fingerprint density at radius 2 is 1.93 bits per heavy atom. The van der Waals surface area contributed by atoms with Gasteiger partial charge in [0.25, 0.3) is 0 Å². The molecule has 3 rings (SSSR count). The van der Waals surface area contributed by atoms with Crippen LogP contribution in [0.15, 0.2) is 36.7 Å². The Kier molecular flexibility index (Phi) is 6.01. The van der Waals surface area contributed by atoms with Crippen molar-refractivity contribution in [2.24, 2.45) is 0 Å². The molecule has 0 bridgehead atoms. The maximum absolute atomic E-state index is 12.6. The minimum Gasteiger partial charge on any atom is -0.458 e. The van der Waals surface area contributed by atoms with E-state index in [1.807, 2.05) is 6.92 Å². The summed E-state index contributed by atoms with van der Waals surface area (Å²) in [4.78, 5) is 22.3. The standard InChI is InChI=1S/C19H21F3N4O2/c1-2-13-10-23-17(24-11-13)28-16-4-3-9-26(12-16)18(27)25-15-7-5-14(6-8-15)19(20,21)22/h5-8,10-11,16H,2-4,9,12H2,1H3,(H,25,27). The summed E-state index contributed by atoms with van der Waals surface area (Å²) < 4.78 is 43.6. The third kappa shape index (κ3) is 5.11. The van der Waals surface area contributed by atoms with Crippen molar-refractivity contribution in [3.05, 3.63) is 47.8 Å². The summed E-state index contributed by atoms with van der Waals surface area (Å²) >= 11 is 0. The quantitative estimate of drug-likeness (QED) is 0.847. The van der Waals surface area contributed by atoms with Crippen molar-refractivity contribution in [3.8, 4) is 6.01 Å². The van der Waals surface area contributed by atoms with E-state index in [1.165, 1.54) is 12.1 Å². The van der Waals surface area contributed by atoms with Gasteiger partial charge in [0.2, 0.25) is 0 Å². The first-order valence-corrected chi connectivity index (χ1v) is 9.06. The number of alkyl halides is 3. The highest BCUT2D eigenvalue weighted by Crippen LogP contribution is 2.30. The van der Waals surface area contributed by atoms with Crippen LogP contribution in [0.2, 0.25) is 0 Å². The number of amides is 2. The topological polar surface area (TPSA) is 67.3 Å². The number of benzene rings is 1. The lowest BCUT2D eigenvalue weighted by atomic mass is 10.1. The van der Waals surface area contributed by atoms with Crippen LogP contribution in [-0.4, -0.2) is 40.1 Å². The molecule has 0 radical (unpaired) electrons. The molecule has 0 spiro atoms. The molecule has 2 heterocycles. The molecule has 1 aromatic carbocycles. The van der Waals surface area contributed by atoms with Gasteiger partial charge in [0, 0.05) is 24.6 Å². The number of piperidine rings is 1. The number of carbonyl (C=O) groups excluding carboxylic acids is 1. The molecule has 1 aromatic heterocycles. The normalized spacial score (nSPS) is 17.3. The lowest BCUT2D eigenvalue weighted by Crippen LogP contribution is -2.46. The molecule has 6 nitrogen and oxygen atoms in total. The maximum Gasteiger partial charge on any atom is 0.416 e. The molecule has 0 aliphatic carbocycles. The lowest BCUT2D eigenvalue weighted by Gasteiger charge is -2.32. The molecule has 1 aliphatic heterocycles. The SMILES string of the molecule is CCc1cnc(OC2CCCN(C(=O)Nc3ccc(C(F)(F)F)cc3)C2)nc1. The van der Waals surface area contributed by atoms with Crippen LogP contribution in [0.4, 0.5) is 23.7 Å². The van der Waals surface area contributed by atoms with E-state index >= 15 is 0 Å². The Morgan fingerprint density at radius 1 is 1.25 bits per heavy atom. The van der Waals surface area contributed by atoms with E-state index in [4.69, 9.17) is 4.74 Å². The molecule has 2 amide bonds. The van der Waals surface area contributed by atoms with E-state index in [0.29, 0.717) is 18.8 Å². The van der Waals surface area contributed by atoms with Crippen molar-refractivity contribution in [1.29, 1.82) is 0 Å². The van der Waals surface area contributed by atoms with E-state index in [-0.39, 0.29) is 18.1 Å². The molecule has 0 saturated carbocycles. The van der Waals surface area contributed by atoms with Crippen LogP contribution in [0, 0.1) is 0 Å². The number of anilines is 1. The van der Waals surface area contributed by atoms with Gasteiger partial charge in [-0.15, -0.1) is 0 Å². The molecule has 1 aliphatic rings. The van der Waals surface area contributed by atoms with Gasteiger partial charge >= 0.3 is 18.2 Å². The Hall–Kier alpha value is -2.84. The summed E-state index contributed by atoms with van der Waals surface area (Å²) in [7, 11) is 0. The van der Waals surface area contributed by atoms with Gasteiger partial charge in [-0.2, -0.15) is 13.2 Å². The van der Waals surface area contributed by atoms with Gasteiger partial charge in [-0.25, -0.2) is 14.8 Å². The van der Waals surface area contributed by atoms with Crippen LogP contribution < -0.4 is 10.1 Å². The Balaban J connectivity index is 1.56. The minimum atomic E-state index is -4.41. The number of hydrogen-bond acceptors (Lipinski definition) is 4. The number of hydrogen-bond donors (Lipinski definition) is 1. The molecule has 1 fully saturated rings. The molecule has 9 heteroatoms. The molecule has 1 unspecified atom stereocenters. The predicted octanol–water partition coefficient (Wildman–Crippen LogP) is 4.13. The Labute approximate surface area is 160 Å². The van der Waals surface area contributed by atoms with Crippen molar-refractivity contribution in [3.63, 3.8) is 0 Å². The second-order valence-electron chi connectivity index (χ2n) is 6.56. The summed E-state index contributed by atoms with van der Waals surface area (Å²) in [5.74, 6) is 0. The molecule has 1 atom stereocenters. The van der Waals surface area contributed by atoms with Crippen molar-refractivity contribution in [2.75, 3.05) is 18.4 Å². The van der Waals surface area contributed by atoms with E-state index in [9.17, 15) is 18.0 Å². The summed E-state index contributed by atoms with van der Waals surface area (Å²) in [6.45, 7) is 2.90. The lowest BCUT2D eigenvalue weighted by molar-refractivity contribution is -0.137. The third-order valence-electron chi connectivity index (χ3n) is 4.49. The number of ether oxygens (including phenoxy) is 1. The first kappa shape index (κ1) is 19.9. The zero-order valence-corrected chi connectivity index (χ0v) is 15.4. The zero-order valence-electron chi connectivity index (χ0n) is 15.4. The molecular formula is C19H21F3N4O2. The summed E-state index contributed by atoms with van der Waals surface area (Å²) in [6, 6.07) is 4.25. The number of aryl methyl sites for hydroxylation is 1. The Morgan fingerprint density at radius 3 is 2.54 bits per heavy atom. The molecule has 1 N–H and O–H groups in total. The van der Waals surface area contributed by atoms with Crippen molar-refractivity contribution in [1.82, 2.24) is 14.9 Å². The molecule has 2 aromatic rings. The van der Waals surface area contributed by atoms with Crippen molar-refractivity contribution < 1.29 is 22.7 Å². The highest BCUT2D eigenvalue weighted by molar-refractivity contribution is 5.89. The van der Waals surface area contributed by atoms with E-state index in [1.54, 1.807) is 17.3 Å². The second kappa shape index (κ2) is 8.45. The second-order valence-corrected chi connectivity index (χ2v) is 6.56. The fourth-order valence-electron chi connectivity index (χ4n) is 2.90. The van der Waals surface area contributed by atoms with Gasteiger partial charge < -0.3 is 15.0 Å². The number of likely N-dealkylation sites (tertiary alicyclic amines) is 1. The number of nitrogens with one attached hydrogen (secondary N) is 1. The van der Waals surface area contributed by atoms with E-state index < -0.39 is 11.7 Å². The minimum absolute atomic E-state index is 0.236. The summed E-state index contributed by atoms with van der Waals surface area (Å²) in [5.41, 5.74) is 0.555. The number of carbonyl (C=O) groups is 1. The highest BCUT2D eigenvalue weighted by Gasteiger charge is 2.30. The van der Waals surface area contributed by atoms with E-state index in [0.717, 1.165) is 37.0 Å². The average Bonchev–Trinajstić information content (AvgIpc) is 2.68. The van der Waals surface area contributed by atoms with Gasteiger partial charge in [-0.1, -0.05) is 6.92 Å². The molecule has 28 heavy (non-hydrogen) atoms. The molecule has 1 saturated heterocycles. The highest BCUT2D eigenvalue weighted by atomic mass is 19.4. The van der Waals surface area contributed by atoms with Gasteiger partial charge in [0.15, 0.2) is 0 Å². The van der Waals surface area contributed by atoms with Crippen LogP contribution in [0.1, 0.15) is 30.9 Å². The smallest absolute Gasteiger partial charge is 0.416 e. The van der Waals surface area contributed by atoms with Crippen molar-refractivity contribution >= 4 is 11.7 Å². The number of aromatic nitrogens is 2. The third-order valence-corrected chi connectivity index (χ3v) is 4.49. The van der Waals surface area contributed by atoms with Crippen molar-refractivity contribution in [2.45, 2.75) is 38.5 Å².